The van der Waals surface area contributed by atoms with Crippen molar-refractivity contribution >= 4 is 29.7 Å². The molecule has 0 aliphatic rings. The summed E-state index contributed by atoms with van der Waals surface area (Å²) in [6.45, 7) is 6.00. The molecule has 2 aromatic rings. The van der Waals surface area contributed by atoms with Crippen LogP contribution in [-0.4, -0.2) is 65.1 Å². The summed E-state index contributed by atoms with van der Waals surface area (Å²) in [4.78, 5) is 62.1. The molecule has 0 spiro atoms. The predicted octanol–water partition coefficient (Wildman–Crippen LogP) is 0.662. The number of hydrogen-bond acceptors (Lipinski definition) is 7. The number of amides is 5. The summed E-state index contributed by atoms with van der Waals surface area (Å²) in [5, 5.41) is 19.4. The lowest BCUT2D eigenvalue weighted by molar-refractivity contribution is -0.131. The summed E-state index contributed by atoms with van der Waals surface area (Å²) in [6.07, 6.45) is -0.576. The zero-order chi connectivity index (χ0) is 29.9. The fraction of sp³-hybridized carbons (Fsp3) is 0.393. The van der Waals surface area contributed by atoms with Crippen molar-refractivity contribution in [2.75, 3.05) is 6.54 Å². The molecule has 3 atom stereocenters. The molecule has 0 radical (unpaired) electrons. The quantitative estimate of drug-likeness (QED) is 0.222. The third kappa shape index (κ3) is 11.4. The van der Waals surface area contributed by atoms with Gasteiger partial charge in [0.2, 0.25) is 23.6 Å². The number of hydrogen-bond donors (Lipinski definition) is 6. The number of carbonyl (C=O) groups is 5. The molecule has 216 valence electrons. The number of ether oxygens (including phenoxy) is 1. The zero-order valence-corrected chi connectivity index (χ0v) is 23.0. The Bertz CT molecular complexity index is 1180. The lowest BCUT2D eigenvalue weighted by Crippen LogP contribution is -2.55. The van der Waals surface area contributed by atoms with Gasteiger partial charge in [0.05, 0.1) is 6.54 Å². The molecule has 0 aliphatic heterocycles. The van der Waals surface area contributed by atoms with Crippen molar-refractivity contribution in [1.82, 2.24) is 21.3 Å². The van der Waals surface area contributed by atoms with Crippen LogP contribution in [-0.2, 0) is 36.8 Å². The molecule has 0 unspecified atom stereocenters. The predicted molar refractivity (Wildman–Crippen MR) is 147 cm³/mol. The summed E-state index contributed by atoms with van der Waals surface area (Å²) in [5.41, 5.74) is 6.05. The van der Waals surface area contributed by atoms with Gasteiger partial charge in [0, 0.05) is 12.8 Å². The van der Waals surface area contributed by atoms with Crippen LogP contribution in [0.4, 0.5) is 4.79 Å². The van der Waals surface area contributed by atoms with Crippen LogP contribution in [0.1, 0.15) is 38.8 Å². The van der Waals surface area contributed by atoms with Crippen molar-refractivity contribution in [2.45, 2.75) is 64.3 Å². The Morgan fingerprint density at radius 1 is 0.825 bits per heavy atom. The van der Waals surface area contributed by atoms with E-state index in [1.807, 2.05) is 6.07 Å². The Kier molecular flexibility index (Phi) is 11.5. The highest BCUT2D eigenvalue weighted by Crippen LogP contribution is 2.13. The lowest BCUT2D eigenvalue weighted by atomic mass is 10.0. The molecule has 12 heteroatoms. The second-order valence-electron chi connectivity index (χ2n) is 10.2. The minimum Gasteiger partial charge on any atom is -0.508 e. The van der Waals surface area contributed by atoms with Crippen molar-refractivity contribution in [3.05, 3.63) is 65.7 Å². The summed E-state index contributed by atoms with van der Waals surface area (Å²) in [5.74, 6) is -2.64. The Hall–Kier alpha value is -4.61. The van der Waals surface area contributed by atoms with E-state index in [9.17, 15) is 29.1 Å². The largest absolute Gasteiger partial charge is 0.508 e. The molecule has 0 fully saturated rings. The normalized spacial score (nSPS) is 13.2. The van der Waals surface area contributed by atoms with E-state index in [1.54, 1.807) is 57.2 Å². The number of nitrogens with two attached hydrogens (primary N) is 1. The van der Waals surface area contributed by atoms with Gasteiger partial charge in [0.25, 0.3) is 0 Å². The highest BCUT2D eigenvalue weighted by Gasteiger charge is 2.27. The Labute approximate surface area is 233 Å². The first kappa shape index (κ1) is 31.6. The first-order chi connectivity index (χ1) is 18.7. The number of primary amides is 1. The van der Waals surface area contributed by atoms with Gasteiger partial charge in [-0.15, -0.1) is 0 Å². The molecule has 0 heterocycles. The van der Waals surface area contributed by atoms with Crippen LogP contribution in [0.3, 0.4) is 0 Å². The Morgan fingerprint density at radius 2 is 1.40 bits per heavy atom. The molecule has 2 rings (SSSR count). The van der Waals surface area contributed by atoms with E-state index < -0.39 is 60.0 Å². The van der Waals surface area contributed by atoms with Crippen molar-refractivity contribution in [2.24, 2.45) is 5.73 Å². The summed E-state index contributed by atoms with van der Waals surface area (Å²) >= 11 is 0. The van der Waals surface area contributed by atoms with Crippen LogP contribution in [0.2, 0.25) is 0 Å². The van der Waals surface area contributed by atoms with Gasteiger partial charge in [-0.3, -0.25) is 19.2 Å². The molecule has 0 saturated heterocycles. The molecule has 5 amide bonds. The molecule has 12 nitrogen and oxygen atoms in total. The Morgan fingerprint density at radius 3 is 1.98 bits per heavy atom. The highest BCUT2D eigenvalue weighted by atomic mass is 16.6. The molecule has 2 aromatic carbocycles. The number of carbonyl (C=O) groups excluding carboxylic acids is 5. The van der Waals surface area contributed by atoms with Gasteiger partial charge in [0.1, 0.15) is 29.5 Å². The van der Waals surface area contributed by atoms with Crippen molar-refractivity contribution in [3.8, 4) is 5.75 Å². The van der Waals surface area contributed by atoms with E-state index in [4.69, 9.17) is 10.5 Å². The Balaban J connectivity index is 1.95. The minimum absolute atomic E-state index is 0.0430. The van der Waals surface area contributed by atoms with E-state index in [0.29, 0.717) is 5.56 Å². The monoisotopic (exact) mass is 555 g/mol. The fourth-order valence-electron chi connectivity index (χ4n) is 3.54. The first-order valence-corrected chi connectivity index (χ1v) is 12.7. The van der Waals surface area contributed by atoms with Gasteiger partial charge in [-0.2, -0.15) is 0 Å². The number of nitrogens with one attached hydrogen (secondary N) is 4. The number of rotatable bonds is 12. The summed E-state index contributed by atoms with van der Waals surface area (Å²) in [6, 6.07) is 11.9. The molecule has 0 saturated carbocycles. The van der Waals surface area contributed by atoms with E-state index in [-0.39, 0.29) is 18.6 Å². The van der Waals surface area contributed by atoms with Crippen LogP contribution >= 0.6 is 0 Å². The maximum atomic E-state index is 13.0. The molecule has 0 aliphatic carbocycles. The molecular formula is C28H37N5O7. The average Bonchev–Trinajstić information content (AvgIpc) is 2.87. The number of benzene rings is 2. The number of phenolic OH excluding ortho intramolecular Hbond substituents is 1. The summed E-state index contributed by atoms with van der Waals surface area (Å²) in [7, 11) is 0. The minimum atomic E-state index is -1.10. The zero-order valence-electron chi connectivity index (χ0n) is 23.0. The van der Waals surface area contributed by atoms with Crippen LogP contribution in [0.15, 0.2) is 54.6 Å². The van der Waals surface area contributed by atoms with Gasteiger partial charge in [-0.05, 0) is 51.0 Å². The smallest absolute Gasteiger partial charge is 0.408 e. The maximum absolute atomic E-state index is 13.0. The molecule has 0 bridgehead atoms. The topological polar surface area (TPSA) is 189 Å². The van der Waals surface area contributed by atoms with E-state index in [1.165, 1.54) is 19.1 Å². The van der Waals surface area contributed by atoms with Crippen LogP contribution in [0.5, 0.6) is 5.75 Å². The van der Waals surface area contributed by atoms with E-state index in [2.05, 4.69) is 21.3 Å². The van der Waals surface area contributed by atoms with E-state index in [0.717, 1.165) is 5.56 Å². The van der Waals surface area contributed by atoms with E-state index >= 15 is 0 Å². The number of alkyl carbamates (subject to hydrolysis) is 1. The lowest BCUT2D eigenvalue weighted by Gasteiger charge is -2.24. The number of phenols is 1. The van der Waals surface area contributed by atoms with Crippen LogP contribution in [0.25, 0.3) is 0 Å². The molecular weight excluding hydrogens is 518 g/mol. The number of aromatic hydroxyl groups is 1. The second-order valence-corrected chi connectivity index (χ2v) is 10.2. The van der Waals surface area contributed by atoms with Crippen molar-refractivity contribution in [1.29, 1.82) is 0 Å². The van der Waals surface area contributed by atoms with Gasteiger partial charge < -0.3 is 36.8 Å². The van der Waals surface area contributed by atoms with Gasteiger partial charge in [0.15, 0.2) is 0 Å². The molecule has 40 heavy (non-hydrogen) atoms. The second kappa shape index (κ2) is 14.5. The first-order valence-electron chi connectivity index (χ1n) is 12.7. The SMILES string of the molecule is C[C@@H](NC(=O)[C@H](Cc1ccc(O)cc1)NC(=O)OC(C)(C)C)C(=O)NCC(=O)N[C@@H](Cc1ccccc1)C(N)=O. The van der Waals surface area contributed by atoms with Crippen LogP contribution < -0.4 is 27.0 Å². The maximum Gasteiger partial charge on any atom is 0.408 e. The van der Waals surface area contributed by atoms with Gasteiger partial charge in [-0.25, -0.2) is 4.79 Å². The fourth-order valence-corrected chi connectivity index (χ4v) is 3.54. The molecule has 7 N–H and O–H groups in total. The van der Waals surface area contributed by atoms with Crippen molar-refractivity contribution in [3.63, 3.8) is 0 Å². The average molecular weight is 556 g/mol. The molecule has 0 aromatic heterocycles. The standard InChI is InChI=1S/C28H37N5O7/c1-17(25(37)30-16-23(35)32-21(24(29)36)14-18-8-6-5-7-9-18)31-26(38)22(33-27(39)40-28(2,3)4)15-19-10-12-20(34)13-11-19/h5-13,17,21-22,34H,14-16H2,1-4H3,(H2,29,36)(H,30,37)(H,31,38)(H,32,35)(H,33,39)/t17-,21+,22+/m1/s1. The van der Waals surface area contributed by atoms with Crippen LogP contribution in [0, 0.1) is 0 Å². The van der Waals surface area contributed by atoms with Gasteiger partial charge >= 0.3 is 6.09 Å². The van der Waals surface area contributed by atoms with Crippen molar-refractivity contribution < 1.29 is 33.8 Å². The third-order valence-corrected chi connectivity index (χ3v) is 5.52. The summed E-state index contributed by atoms with van der Waals surface area (Å²) < 4.78 is 5.25. The van der Waals surface area contributed by atoms with Gasteiger partial charge in [-0.1, -0.05) is 42.5 Å². The third-order valence-electron chi connectivity index (χ3n) is 5.52. The highest BCUT2D eigenvalue weighted by molar-refractivity contribution is 5.93.